The number of rotatable bonds is 3. The second kappa shape index (κ2) is 7.18. The molecular formula is C22H26ClN5O. The van der Waals surface area contributed by atoms with Gasteiger partial charge >= 0.3 is 0 Å². The molecule has 0 saturated carbocycles. The Morgan fingerprint density at radius 3 is 2.86 bits per heavy atom. The molecule has 2 aliphatic heterocycles. The molecule has 0 bridgehead atoms. The molecule has 2 aliphatic rings. The van der Waals surface area contributed by atoms with Crippen LogP contribution in [-0.4, -0.2) is 33.3 Å². The van der Waals surface area contributed by atoms with Gasteiger partial charge < -0.3 is 15.2 Å². The van der Waals surface area contributed by atoms with E-state index in [0.717, 1.165) is 73.7 Å². The molecule has 1 saturated heterocycles. The number of anilines is 1. The van der Waals surface area contributed by atoms with Crippen molar-refractivity contribution in [1.82, 2.24) is 14.2 Å². The highest BCUT2D eigenvalue weighted by Gasteiger charge is 2.28. The van der Waals surface area contributed by atoms with Gasteiger partial charge in [0.1, 0.15) is 5.52 Å². The van der Waals surface area contributed by atoms with E-state index >= 15 is 0 Å². The average Bonchev–Trinajstić information content (AvgIpc) is 3.34. The fourth-order valence-corrected chi connectivity index (χ4v) is 5.08. The second-order valence-electron chi connectivity index (χ2n) is 8.27. The molecule has 1 fully saturated rings. The predicted molar refractivity (Wildman–Crippen MR) is 116 cm³/mol. The summed E-state index contributed by atoms with van der Waals surface area (Å²) in [6.07, 6.45) is 4.59. The third-order valence-corrected chi connectivity index (χ3v) is 6.72. The average molecular weight is 412 g/mol. The maximum atomic E-state index is 13.5. The number of hydrogen-bond acceptors (Lipinski definition) is 4. The third kappa shape index (κ3) is 3.06. The summed E-state index contributed by atoms with van der Waals surface area (Å²) in [4.78, 5) is 15.7. The molecule has 2 N–H and O–H groups in total. The van der Waals surface area contributed by atoms with Gasteiger partial charge in [-0.2, -0.15) is 0 Å². The van der Waals surface area contributed by atoms with Crippen LogP contribution in [0.4, 0.5) is 5.82 Å². The standard InChI is InChI=1S/C22H26ClN5O/c1-14-19-9-5-11-27(19)22(29)20-17(12-15-6-2-3-8-18(15)23)21(25-28(14)20)26-10-4-7-16(24)13-26/h2-3,6,8,16H,4-5,7,9-13,24H2,1H3/t16-/m1/s1. The fourth-order valence-electron chi connectivity index (χ4n) is 4.88. The van der Waals surface area contributed by atoms with Gasteiger partial charge in [0.25, 0.3) is 5.56 Å². The molecule has 5 rings (SSSR count). The van der Waals surface area contributed by atoms with Crippen LogP contribution in [-0.2, 0) is 19.4 Å². The number of benzene rings is 1. The van der Waals surface area contributed by atoms with Gasteiger partial charge in [-0.1, -0.05) is 29.8 Å². The van der Waals surface area contributed by atoms with E-state index in [-0.39, 0.29) is 11.6 Å². The van der Waals surface area contributed by atoms with Gasteiger partial charge in [0.15, 0.2) is 5.82 Å². The maximum absolute atomic E-state index is 13.5. The van der Waals surface area contributed by atoms with Crippen molar-refractivity contribution in [1.29, 1.82) is 0 Å². The van der Waals surface area contributed by atoms with E-state index < -0.39 is 0 Å². The van der Waals surface area contributed by atoms with Crippen LogP contribution in [0.15, 0.2) is 29.1 Å². The lowest BCUT2D eigenvalue weighted by Crippen LogP contribution is -2.43. The first kappa shape index (κ1) is 18.7. The van der Waals surface area contributed by atoms with E-state index in [0.29, 0.717) is 17.0 Å². The molecule has 0 aliphatic carbocycles. The first-order chi connectivity index (χ1) is 14.0. The minimum absolute atomic E-state index is 0.0604. The largest absolute Gasteiger partial charge is 0.353 e. The molecule has 7 heteroatoms. The van der Waals surface area contributed by atoms with E-state index in [9.17, 15) is 4.79 Å². The zero-order valence-electron chi connectivity index (χ0n) is 16.7. The van der Waals surface area contributed by atoms with Crippen molar-refractivity contribution in [3.63, 3.8) is 0 Å². The van der Waals surface area contributed by atoms with Crippen LogP contribution in [0.25, 0.3) is 5.52 Å². The van der Waals surface area contributed by atoms with Gasteiger partial charge in [-0.05, 0) is 44.2 Å². The van der Waals surface area contributed by atoms with Crippen LogP contribution in [0.3, 0.4) is 0 Å². The first-order valence-electron chi connectivity index (χ1n) is 10.4. The summed E-state index contributed by atoms with van der Waals surface area (Å²) in [6, 6.07) is 7.97. The molecule has 1 aromatic carbocycles. The second-order valence-corrected chi connectivity index (χ2v) is 8.68. The van der Waals surface area contributed by atoms with Crippen molar-refractivity contribution >= 4 is 22.9 Å². The Kier molecular flexibility index (Phi) is 4.63. The summed E-state index contributed by atoms with van der Waals surface area (Å²) in [5, 5.41) is 5.68. The topological polar surface area (TPSA) is 68.6 Å². The highest BCUT2D eigenvalue weighted by molar-refractivity contribution is 6.31. The smallest absolute Gasteiger partial charge is 0.277 e. The normalized spacial score (nSPS) is 19.1. The van der Waals surface area contributed by atoms with Crippen LogP contribution in [0.2, 0.25) is 5.02 Å². The summed E-state index contributed by atoms with van der Waals surface area (Å²) in [5.41, 5.74) is 11.1. The molecule has 0 radical (unpaired) electrons. The lowest BCUT2D eigenvalue weighted by Gasteiger charge is -2.31. The van der Waals surface area contributed by atoms with Gasteiger partial charge in [0, 0.05) is 48.4 Å². The van der Waals surface area contributed by atoms with Gasteiger partial charge in [0.2, 0.25) is 0 Å². The Morgan fingerprint density at radius 2 is 2.07 bits per heavy atom. The summed E-state index contributed by atoms with van der Waals surface area (Å²) >= 11 is 6.47. The van der Waals surface area contributed by atoms with Gasteiger partial charge in [0.05, 0.1) is 5.69 Å². The lowest BCUT2D eigenvalue weighted by molar-refractivity contribution is 0.501. The fraction of sp³-hybridized carbons (Fsp3) is 0.455. The highest BCUT2D eigenvalue weighted by atomic mass is 35.5. The molecule has 152 valence electrons. The number of halogens is 1. The Labute approximate surface area is 174 Å². The van der Waals surface area contributed by atoms with Crippen LogP contribution in [0.5, 0.6) is 0 Å². The Morgan fingerprint density at radius 1 is 1.24 bits per heavy atom. The lowest BCUT2D eigenvalue weighted by atomic mass is 10.0. The molecular weight excluding hydrogens is 386 g/mol. The van der Waals surface area contributed by atoms with E-state index in [2.05, 4.69) is 11.8 Å². The number of hydrogen-bond donors (Lipinski definition) is 1. The van der Waals surface area contributed by atoms with Crippen LogP contribution in [0.1, 0.15) is 41.8 Å². The van der Waals surface area contributed by atoms with E-state index in [1.165, 1.54) is 0 Å². The van der Waals surface area contributed by atoms with Crippen LogP contribution >= 0.6 is 11.6 Å². The maximum Gasteiger partial charge on any atom is 0.277 e. The summed E-state index contributed by atoms with van der Waals surface area (Å²) < 4.78 is 3.81. The van der Waals surface area contributed by atoms with E-state index in [1.54, 1.807) is 0 Å². The van der Waals surface area contributed by atoms with Crippen molar-refractivity contribution in [3.05, 3.63) is 62.2 Å². The van der Waals surface area contributed by atoms with E-state index in [1.807, 2.05) is 33.3 Å². The molecule has 29 heavy (non-hydrogen) atoms. The summed E-state index contributed by atoms with van der Waals surface area (Å²) in [6.45, 7) is 4.53. The Hall–Kier alpha value is -2.31. The minimum Gasteiger partial charge on any atom is -0.353 e. The number of aryl methyl sites for hydroxylation is 1. The zero-order valence-corrected chi connectivity index (χ0v) is 17.5. The number of nitrogens with zero attached hydrogens (tertiary/aromatic N) is 4. The summed E-state index contributed by atoms with van der Waals surface area (Å²) in [7, 11) is 0. The van der Waals surface area contributed by atoms with Crippen LogP contribution < -0.4 is 16.2 Å². The third-order valence-electron chi connectivity index (χ3n) is 6.35. The number of piperidine rings is 1. The Balaban J connectivity index is 1.75. The Bertz CT molecular complexity index is 1150. The number of aromatic nitrogens is 3. The van der Waals surface area contributed by atoms with Crippen molar-refractivity contribution in [2.24, 2.45) is 5.73 Å². The van der Waals surface area contributed by atoms with Gasteiger partial charge in [-0.25, -0.2) is 4.52 Å². The van der Waals surface area contributed by atoms with Crippen molar-refractivity contribution in [3.8, 4) is 0 Å². The predicted octanol–water partition coefficient (Wildman–Crippen LogP) is 2.92. The van der Waals surface area contributed by atoms with Crippen LogP contribution in [0, 0.1) is 6.92 Å². The van der Waals surface area contributed by atoms with Crippen molar-refractivity contribution in [2.75, 3.05) is 18.0 Å². The first-order valence-corrected chi connectivity index (χ1v) is 10.8. The summed E-state index contributed by atoms with van der Waals surface area (Å²) in [5.74, 6) is 0.879. The highest BCUT2D eigenvalue weighted by Crippen LogP contribution is 2.31. The quantitative estimate of drug-likeness (QED) is 0.719. The van der Waals surface area contributed by atoms with Gasteiger partial charge in [-0.3, -0.25) is 4.79 Å². The van der Waals surface area contributed by atoms with Crippen molar-refractivity contribution < 1.29 is 0 Å². The molecule has 0 spiro atoms. The molecule has 4 heterocycles. The van der Waals surface area contributed by atoms with Crippen molar-refractivity contribution in [2.45, 2.75) is 51.6 Å². The number of nitrogens with two attached hydrogens (primary N) is 1. The number of fused-ring (bicyclic) bond motifs is 2. The van der Waals surface area contributed by atoms with E-state index in [4.69, 9.17) is 22.4 Å². The molecule has 0 unspecified atom stereocenters. The monoisotopic (exact) mass is 411 g/mol. The molecule has 3 aromatic rings. The molecule has 1 atom stereocenters. The zero-order chi connectivity index (χ0) is 20.1. The SMILES string of the molecule is Cc1c2n(c(=O)c3c(Cc4ccccc4Cl)c(N4CCC[C@@H](N)C4)nn13)CCC2. The molecule has 6 nitrogen and oxygen atoms in total. The molecule has 2 aromatic heterocycles. The van der Waals surface area contributed by atoms with Gasteiger partial charge in [-0.15, -0.1) is 5.10 Å². The molecule has 0 amide bonds. The minimum atomic E-state index is 0.0604.